The number of nitrogens with zero attached hydrogens (tertiary/aromatic N) is 2. The fourth-order valence-electron chi connectivity index (χ4n) is 4.66. The number of fused-ring (bicyclic) bond motifs is 2. The lowest BCUT2D eigenvalue weighted by molar-refractivity contribution is 0.0389. The molecule has 4 heteroatoms. The molecule has 0 N–H and O–H groups in total. The molecule has 0 amide bonds. The van der Waals surface area contributed by atoms with Crippen LogP contribution in [0.4, 0.5) is 5.69 Å². The van der Waals surface area contributed by atoms with E-state index in [1.807, 2.05) is 30.3 Å². The third-order valence-corrected chi connectivity index (χ3v) is 6.92. The summed E-state index contributed by atoms with van der Waals surface area (Å²) in [5, 5.41) is 13.3. The Balaban J connectivity index is 1.67. The second-order valence-electron chi connectivity index (χ2n) is 8.46. The molecule has 0 radical (unpaired) electrons. The lowest BCUT2D eigenvalue weighted by atomic mass is 9.74. The van der Waals surface area contributed by atoms with E-state index in [0.29, 0.717) is 6.61 Å². The van der Waals surface area contributed by atoms with Gasteiger partial charge in [0.05, 0.1) is 5.69 Å². The molecule has 0 saturated carbocycles. The number of halogens is 1. The van der Waals surface area contributed by atoms with Crippen LogP contribution in [0.15, 0.2) is 113 Å². The number of azo groups is 1. The average Bonchev–Trinajstić information content (AvgIpc) is 2.90. The number of rotatable bonds is 8. The van der Waals surface area contributed by atoms with Gasteiger partial charge in [0.1, 0.15) is 6.10 Å². The SMILES string of the molecule is BrCCCCOC1C=Cc2ccccc2C1(N=Nc1cccc2ccccc12)c1ccccc1. The van der Waals surface area contributed by atoms with Crippen LogP contribution < -0.4 is 0 Å². The van der Waals surface area contributed by atoms with Gasteiger partial charge in [-0.2, -0.15) is 10.2 Å². The molecule has 5 rings (SSSR count). The molecular weight excluding hydrogens is 484 g/mol. The summed E-state index contributed by atoms with van der Waals surface area (Å²) in [5.74, 6) is 0. The van der Waals surface area contributed by atoms with Crippen molar-refractivity contribution in [3.05, 3.63) is 120 Å². The summed E-state index contributed by atoms with van der Waals surface area (Å²) in [4.78, 5) is 0. The maximum atomic E-state index is 6.53. The lowest BCUT2D eigenvalue weighted by Gasteiger charge is -2.39. The summed E-state index contributed by atoms with van der Waals surface area (Å²) in [6.45, 7) is 0.668. The number of hydrogen-bond donors (Lipinski definition) is 0. The topological polar surface area (TPSA) is 34.0 Å². The van der Waals surface area contributed by atoms with E-state index >= 15 is 0 Å². The standard InChI is InChI=1S/C30H27BrN2O/c31-21-8-9-22-34-29-20-19-24-12-5-7-17-27(24)30(29,25-14-2-1-3-15-25)33-32-28-18-10-13-23-11-4-6-16-26(23)28/h1-7,10-20,29H,8-9,21-22H2. The largest absolute Gasteiger partial charge is 0.371 e. The molecule has 170 valence electrons. The molecule has 1 aliphatic carbocycles. The second-order valence-corrected chi connectivity index (χ2v) is 9.26. The van der Waals surface area contributed by atoms with Crippen molar-refractivity contribution in [2.45, 2.75) is 24.5 Å². The van der Waals surface area contributed by atoms with Gasteiger partial charge in [-0.3, -0.25) is 0 Å². The molecule has 0 spiro atoms. The van der Waals surface area contributed by atoms with E-state index in [-0.39, 0.29) is 6.10 Å². The summed E-state index contributed by atoms with van der Waals surface area (Å²) in [6.07, 6.45) is 6.09. The first-order chi connectivity index (χ1) is 16.8. The highest BCUT2D eigenvalue weighted by molar-refractivity contribution is 9.09. The Bertz CT molecular complexity index is 1310. The first-order valence-corrected chi connectivity index (χ1v) is 12.9. The van der Waals surface area contributed by atoms with Crippen LogP contribution in [-0.4, -0.2) is 18.0 Å². The Hall–Kier alpha value is -3.08. The van der Waals surface area contributed by atoms with Crippen molar-refractivity contribution in [2.24, 2.45) is 10.2 Å². The molecule has 0 bridgehead atoms. The van der Waals surface area contributed by atoms with Crippen molar-refractivity contribution in [2.75, 3.05) is 11.9 Å². The minimum Gasteiger partial charge on any atom is -0.371 e. The smallest absolute Gasteiger partial charge is 0.162 e. The van der Waals surface area contributed by atoms with Crippen molar-refractivity contribution >= 4 is 38.5 Å². The zero-order chi connectivity index (χ0) is 23.2. The zero-order valence-electron chi connectivity index (χ0n) is 19.0. The number of benzene rings is 4. The maximum Gasteiger partial charge on any atom is 0.162 e. The quantitative estimate of drug-likeness (QED) is 0.133. The van der Waals surface area contributed by atoms with Gasteiger partial charge < -0.3 is 4.74 Å². The van der Waals surface area contributed by atoms with E-state index in [9.17, 15) is 0 Å². The maximum absolute atomic E-state index is 6.53. The number of ether oxygens (including phenoxy) is 1. The van der Waals surface area contributed by atoms with Crippen molar-refractivity contribution in [3.8, 4) is 0 Å². The molecule has 0 heterocycles. The van der Waals surface area contributed by atoms with Gasteiger partial charge in [-0.05, 0) is 41.0 Å². The minimum atomic E-state index is -0.780. The van der Waals surface area contributed by atoms with Crippen LogP contribution in [0.3, 0.4) is 0 Å². The van der Waals surface area contributed by atoms with Gasteiger partial charge in [0.2, 0.25) is 0 Å². The Morgan fingerprint density at radius 1 is 0.794 bits per heavy atom. The highest BCUT2D eigenvalue weighted by Gasteiger charge is 2.45. The van der Waals surface area contributed by atoms with Crippen LogP contribution in [0.5, 0.6) is 0 Å². The second kappa shape index (κ2) is 10.5. The van der Waals surface area contributed by atoms with Crippen LogP contribution in [0.2, 0.25) is 0 Å². The van der Waals surface area contributed by atoms with Gasteiger partial charge in [-0.15, -0.1) is 0 Å². The summed E-state index contributed by atoms with van der Waals surface area (Å²) in [6, 6.07) is 33.3. The van der Waals surface area contributed by atoms with E-state index in [0.717, 1.165) is 51.3 Å². The Morgan fingerprint density at radius 3 is 2.44 bits per heavy atom. The van der Waals surface area contributed by atoms with Crippen LogP contribution in [0, 0.1) is 0 Å². The fraction of sp³-hybridized carbons (Fsp3) is 0.200. The summed E-state index contributed by atoms with van der Waals surface area (Å²) in [5.41, 5.74) is 3.40. The van der Waals surface area contributed by atoms with E-state index in [1.54, 1.807) is 0 Å². The van der Waals surface area contributed by atoms with E-state index in [1.165, 1.54) is 0 Å². The molecule has 34 heavy (non-hydrogen) atoms. The van der Waals surface area contributed by atoms with E-state index in [2.05, 4.69) is 94.8 Å². The number of unbranched alkanes of at least 4 members (excludes halogenated alkanes) is 1. The lowest BCUT2D eigenvalue weighted by Crippen LogP contribution is -2.42. The summed E-state index contributed by atoms with van der Waals surface area (Å²) >= 11 is 3.52. The molecule has 4 aromatic carbocycles. The van der Waals surface area contributed by atoms with Crippen LogP contribution in [0.1, 0.15) is 29.5 Å². The Kier molecular flexibility index (Phi) is 6.98. The van der Waals surface area contributed by atoms with Crippen LogP contribution >= 0.6 is 15.9 Å². The average molecular weight is 511 g/mol. The summed E-state index contributed by atoms with van der Waals surface area (Å²) < 4.78 is 6.53. The van der Waals surface area contributed by atoms with Crippen LogP contribution in [-0.2, 0) is 10.3 Å². The van der Waals surface area contributed by atoms with Crippen molar-refractivity contribution in [1.82, 2.24) is 0 Å². The van der Waals surface area contributed by atoms with Gasteiger partial charge in [0.15, 0.2) is 5.54 Å². The Morgan fingerprint density at radius 2 is 1.56 bits per heavy atom. The Labute approximate surface area is 209 Å². The molecule has 1 aliphatic rings. The molecule has 0 aromatic heterocycles. The van der Waals surface area contributed by atoms with Crippen molar-refractivity contribution < 1.29 is 4.74 Å². The third-order valence-electron chi connectivity index (χ3n) is 6.36. The predicted molar refractivity (Wildman–Crippen MR) is 144 cm³/mol. The van der Waals surface area contributed by atoms with E-state index in [4.69, 9.17) is 15.0 Å². The summed E-state index contributed by atoms with van der Waals surface area (Å²) in [7, 11) is 0. The highest BCUT2D eigenvalue weighted by atomic mass is 79.9. The predicted octanol–water partition coefficient (Wildman–Crippen LogP) is 8.45. The third kappa shape index (κ3) is 4.36. The molecule has 2 atom stereocenters. The van der Waals surface area contributed by atoms with Crippen molar-refractivity contribution in [3.63, 3.8) is 0 Å². The zero-order valence-corrected chi connectivity index (χ0v) is 20.6. The van der Waals surface area contributed by atoms with Crippen LogP contribution in [0.25, 0.3) is 16.8 Å². The molecule has 2 unspecified atom stereocenters. The molecule has 4 aromatic rings. The molecule has 0 fully saturated rings. The number of alkyl halides is 1. The number of hydrogen-bond acceptors (Lipinski definition) is 3. The van der Waals surface area contributed by atoms with Gasteiger partial charge in [-0.1, -0.05) is 119 Å². The highest BCUT2D eigenvalue weighted by Crippen LogP contribution is 2.45. The minimum absolute atomic E-state index is 0.265. The van der Waals surface area contributed by atoms with E-state index < -0.39 is 5.54 Å². The van der Waals surface area contributed by atoms with Gasteiger partial charge in [0.25, 0.3) is 0 Å². The van der Waals surface area contributed by atoms with Gasteiger partial charge in [-0.25, -0.2) is 0 Å². The van der Waals surface area contributed by atoms with Crippen molar-refractivity contribution in [1.29, 1.82) is 0 Å². The monoisotopic (exact) mass is 510 g/mol. The molecule has 3 nitrogen and oxygen atoms in total. The fourth-order valence-corrected chi connectivity index (χ4v) is 5.06. The van der Waals surface area contributed by atoms with Gasteiger partial charge in [0, 0.05) is 17.3 Å². The molecule has 0 saturated heterocycles. The molecule has 0 aliphatic heterocycles. The normalized spacial score (nSPS) is 19.5. The van der Waals surface area contributed by atoms with Gasteiger partial charge >= 0.3 is 0 Å². The molecular formula is C30H27BrN2O. The first-order valence-electron chi connectivity index (χ1n) is 11.7. The first kappa shape index (κ1) is 22.7.